The van der Waals surface area contributed by atoms with Crippen LogP contribution in [0.25, 0.3) is 10.6 Å². The minimum absolute atomic E-state index is 0.303. The van der Waals surface area contributed by atoms with Crippen LogP contribution in [-0.4, -0.2) is 42.3 Å². The number of hydrogen-bond acceptors (Lipinski definition) is 7. The molecule has 1 heterocycles. The number of carbonyl (C=O) groups excluding carboxylic acids is 2. The molecule has 0 bridgehead atoms. The maximum absolute atomic E-state index is 13.2. The molecule has 0 aliphatic heterocycles. The summed E-state index contributed by atoms with van der Waals surface area (Å²) in [5.41, 5.74) is 2.11. The van der Waals surface area contributed by atoms with Gasteiger partial charge in [0.1, 0.15) is 22.5 Å². The number of aromatic nitrogens is 2. The summed E-state index contributed by atoms with van der Waals surface area (Å²) in [5.74, 6) is 0.364. The van der Waals surface area contributed by atoms with Crippen molar-refractivity contribution in [1.29, 1.82) is 0 Å². The second kappa shape index (κ2) is 11.3. The quantitative estimate of drug-likeness (QED) is 0.366. The van der Waals surface area contributed by atoms with Crippen LogP contribution in [-0.2, 0) is 11.2 Å². The van der Waals surface area contributed by atoms with E-state index in [-0.39, 0.29) is 0 Å². The molecule has 4 aromatic rings. The van der Waals surface area contributed by atoms with Crippen LogP contribution in [0.3, 0.4) is 0 Å². The van der Waals surface area contributed by atoms with Crippen LogP contribution in [0.2, 0.25) is 0 Å². The topological polar surface area (TPSA) is 102 Å². The average molecular weight is 489 g/mol. The van der Waals surface area contributed by atoms with Crippen LogP contribution >= 0.6 is 11.3 Å². The number of nitrogens with zero attached hydrogens (tertiary/aromatic N) is 2. The molecule has 9 heteroatoms. The van der Waals surface area contributed by atoms with Gasteiger partial charge in [0.15, 0.2) is 0 Å². The Morgan fingerprint density at radius 2 is 1.60 bits per heavy atom. The Balaban J connectivity index is 1.52. The molecule has 178 valence electrons. The maximum Gasteiger partial charge on any atom is 0.255 e. The van der Waals surface area contributed by atoms with Crippen molar-refractivity contribution in [3.63, 3.8) is 0 Å². The number of carbonyl (C=O) groups is 2. The number of rotatable bonds is 9. The van der Waals surface area contributed by atoms with Gasteiger partial charge in [-0.05, 0) is 42.0 Å². The highest BCUT2D eigenvalue weighted by Gasteiger charge is 2.24. The fourth-order valence-corrected chi connectivity index (χ4v) is 4.20. The van der Waals surface area contributed by atoms with E-state index in [1.54, 1.807) is 31.4 Å². The van der Waals surface area contributed by atoms with Gasteiger partial charge in [0.25, 0.3) is 5.91 Å². The Morgan fingerprint density at radius 3 is 2.31 bits per heavy atom. The largest absolute Gasteiger partial charge is 0.497 e. The molecule has 8 nitrogen and oxygen atoms in total. The first-order valence-electron chi connectivity index (χ1n) is 10.8. The van der Waals surface area contributed by atoms with E-state index < -0.39 is 17.9 Å². The molecule has 1 atom stereocenters. The summed E-state index contributed by atoms with van der Waals surface area (Å²) in [6.07, 6.45) is 0.303. The van der Waals surface area contributed by atoms with Crippen LogP contribution in [0, 0.1) is 0 Å². The van der Waals surface area contributed by atoms with E-state index in [0.29, 0.717) is 27.9 Å². The summed E-state index contributed by atoms with van der Waals surface area (Å²) in [6, 6.07) is 22.9. The summed E-state index contributed by atoms with van der Waals surface area (Å²) in [5, 5.41) is 14.9. The third-order valence-electron chi connectivity index (χ3n) is 5.25. The average Bonchev–Trinajstić information content (AvgIpc) is 3.37. The number of ether oxygens (including phenoxy) is 2. The Morgan fingerprint density at radius 1 is 0.886 bits per heavy atom. The standard InChI is InChI=1S/C26H24N4O4S/c1-33-19-14-12-18(13-15-19)25-29-30-26(35-25)28-24(32)21(16-17-8-4-3-5-9-17)27-23(31)20-10-6-7-11-22(20)34-2/h3-15,21H,16H2,1-2H3,(H,27,31)(H,28,30,32). The molecule has 0 saturated carbocycles. The van der Waals surface area contributed by atoms with E-state index in [9.17, 15) is 9.59 Å². The minimum Gasteiger partial charge on any atom is -0.497 e. The minimum atomic E-state index is -0.844. The molecule has 0 saturated heterocycles. The zero-order valence-electron chi connectivity index (χ0n) is 19.2. The van der Waals surface area contributed by atoms with Crippen LogP contribution in [0.1, 0.15) is 15.9 Å². The Hall–Kier alpha value is -4.24. The normalized spacial score (nSPS) is 11.4. The molecular weight excluding hydrogens is 464 g/mol. The van der Waals surface area contributed by atoms with Gasteiger partial charge in [0.2, 0.25) is 11.0 Å². The Bertz CT molecular complexity index is 1290. The molecular formula is C26H24N4O4S. The van der Waals surface area contributed by atoms with E-state index in [2.05, 4.69) is 20.8 Å². The molecule has 35 heavy (non-hydrogen) atoms. The van der Waals surface area contributed by atoms with Gasteiger partial charge in [-0.3, -0.25) is 14.9 Å². The second-order valence-electron chi connectivity index (χ2n) is 7.55. The molecule has 2 amide bonds. The lowest BCUT2D eigenvalue weighted by Crippen LogP contribution is -2.45. The number of hydrogen-bond donors (Lipinski definition) is 2. The zero-order chi connectivity index (χ0) is 24.6. The van der Waals surface area contributed by atoms with Gasteiger partial charge in [0, 0.05) is 12.0 Å². The third-order valence-corrected chi connectivity index (χ3v) is 6.14. The lowest BCUT2D eigenvalue weighted by molar-refractivity contribution is -0.118. The third kappa shape index (κ3) is 6.01. The highest BCUT2D eigenvalue weighted by atomic mass is 32.1. The van der Waals surface area contributed by atoms with E-state index in [0.717, 1.165) is 16.9 Å². The summed E-state index contributed by atoms with van der Waals surface area (Å²) in [4.78, 5) is 26.2. The molecule has 0 spiro atoms. The number of para-hydroxylation sites is 1. The number of anilines is 1. The summed E-state index contributed by atoms with van der Waals surface area (Å²) in [7, 11) is 3.10. The van der Waals surface area contributed by atoms with E-state index >= 15 is 0 Å². The summed E-state index contributed by atoms with van der Waals surface area (Å²) in [6.45, 7) is 0. The van der Waals surface area contributed by atoms with Gasteiger partial charge < -0.3 is 14.8 Å². The van der Waals surface area contributed by atoms with Gasteiger partial charge in [-0.15, -0.1) is 10.2 Å². The molecule has 2 N–H and O–H groups in total. The van der Waals surface area contributed by atoms with Crippen LogP contribution < -0.4 is 20.1 Å². The number of nitrogens with one attached hydrogen (secondary N) is 2. The molecule has 0 aliphatic carbocycles. The molecule has 0 aliphatic rings. The predicted octanol–water partition coefficient (Wildman–Crippen LogP) is 4.20. The van der Waals surface area contributed by atoms with E-state index in [1.807, 2.05) is 54.6 Å². The monoisotopic (exact) mass is 488 g/mol. The van der Waals surface area contributed by atoms with E-state index in [4.69, 9.17) is 9.47 Å². The first kappa shape index (κ1) is 23.9. The van der Waals surface area contributed by atoms with Crippen molar-refractivity contribution in [2.24, 2.45) is 0 Å². The molecule has 1 unspecified atom stereocenters. The van der Waals surface area contributed by atoms with Gasteiger partial charge in [-0.2, -0.15) is 0 Å². The van der Waals surface area contributed by atoms with Crippen molar-refractivity contribution in [2.45, 2.75) is 12.5 Å². The molecule has 4 rings (SSSR count). The highest BCUT2D eigenvalue weighted by molar-refractivity contribution is 7.18. The smallest absolute Gasteiger partial charge is 0.255 e. The van der Waals surface area contributed by atoms with Crippen molar-refractivity contribution in [3.05, 3.63) is 90.0 Å². The highest BCUT2D eigenvalue weighted by Crippen LogP contribution is 2.28. The Kier molecular flexibility index (Phi) is 7.69. The number of methoxy groups -OCH3 is 2. The van der Waals surface area contributed by atoms with Crippen LogP contribution in [0.5, 0.6) is 11.5 Å². The van der Waals surface area contributed by atoms with Crippen molar-refractivity contribution < 1.29 is 19.1 Å². The lowest BCUT2D eigenvalue weighted by atomic mass is 10.0. The van der Waals surface area contributed by atoms with Gasteiger partial charge in [-0.1, -0.05) is 53.8 Å². The Labute approximate surface area is 206 Å². The predicted molar refractivity (Wildman–Crippen MR) is 135 cm³/mol. The second-order valence-corrected chi connectivity index (χ2v) is 8.52. The van der Waals surface area contributed by atoms with Crippen LogP contribution in [0.15, 0.2) is 78.9 Å². The van der Waals surface area contributed by atoms with Crippen molar-refractivity contribution in [3.8, 4) is 22.1 Å². The summed E-state index contributed by atoms with van der Waals surface area (Å²) >= 11 is 1.25. The molecule has 3 aromatic carbocycles. The first-order chi connectivity index (χ1) is 17.1. The molecule has 0 fully saturated rings. The maximum atomic E-state index is 13.2. The van der Waals surface area contributed by atoms with Crippen molar-refractivity contribution in [1.82, 2.24) is 15.5 Å². The zero-order valence-corrected chi connectivity index (χ0v) is 20.0. The van der Waals surface area contributed by atoms with Crippen molar-refractivity contribution >= 4 is 28.3 Å². The molecule has 1 aromatic heterocycles. The fraction of sp³-hybridized carbons (Fsp3) is 0.154. The van der Waals surface area contributed by atoms with Gasteiger partial charge in [0.05, 0.1) is 19.8 Å². The first-order valence-corrected chi connectivity index (χ1v) is 11.7. The number of amides is 2. The van der Waals surface area contributed by atoms with Crippen LogP contribution in [0.4, 0.5) is 5.13 Å². The fourth-order valence-electron chi connectivity index (χ4n) is 3.44. The lowest BCUT2D eigenvalue weighted by Gasteiger charge is -2.18. The van der Waals surface area contributed by atoms with Gasteiger partial charge in [-0.25, -0.2) is 0 Å². The number of benzene rings is 3. The SMILES string of the molecule is COc1ccc(-c2nnc(NC(=O)C(Cc3ccccc3)NC(=O)c3ccccc3OC)s2)cc1. The van der Waals surface area contributed by atoms with Crippen molar-refractivity contribution in [2.75, 3.05) is 19.5 Å². The van der Waals surface area contributed by atoms with E-state index in [1.165, 1.54) is 18.4 Å². The molecule has 0 radical (unpaired) electrons. The summed E-state index contributed by atoms with van der Waals surface area (Å²) < 4.78 is 10.5. The van der Waals surface area contributed by atoms with Gasteiger partial charge >= 0.3 is 0 Å².